The summed E-state index contributed by atoms with van der Waals surface area (Å²) in [7, 11) is 0. The van der Waals surface area contributed by atoms with E-state index in [0.717, 1.165) is 6.42 Å². The predicted octanol–water partition coefficient (Wildman–Crippen LogP) is 0.895. The van der Waals surface area contributed by atoms with E-state index in [2.05, 4.69) is 4.98 Å². The molecule has 21 heavy (non-hydrogen) atoms. The summed E-state index contributed by atoms with van der Waals surface area (Å²) in [5.41, 5.74) is 0.595. The first-order chi connectivity index (χ1) is 9.97. The van der Waals surface area contributed by atoms with Crippen LogP contribution in [0.15, 0.2) is 12.3 Å². The Kier molecular flexibility index (Phi) is 4.69. The van der Waals surface area contributed by atoms with Crippen LogP contribution in [-0.2, 0) is 4.79 Å². The average Bonchev–Trinajstić information content (AvgIpc) is 2.64. The molecule has 0 radical (unpaired) electrons. The van der Waals surface area contributed by atoms with Crippen LogP contribution in [0.2, 0.25) is 0 Å². The molecule has 8 heteroatoms. The van der Waals surface area contributed by atoms with Gasteiger partial charge in [0.2, 0.25) is 0 Å². The molecule has 2 rings (SSSR count). The van der Waals surface area contributed by atoms with Crippen LogP contribution in [0.5, 0.6) is 0 Å². The van der Waals surface area contributed by atoms with Crippen LogP contribution in [0.3, 0.4) is 0 Å². The number of carboxylic acid groups (broad SMARTS) is 1. The lowest BCUT2D eigenvalue weighted by atomic mass is 10.2. The minimum Gasteiger partial charge on any atom is -0.480 e. The molecule has 0 aromatic carbocycles. The first kappa shape index (κ1) is 15.2. The van der Waals surface area contributed by atoms with Crippen LogP contribution in [0, 0.1) is 17.0 Å². The third kappa shape index (κ3) is 3.88. The fourth-order valence-corrected chi connectivity index (χ4v) is 2.42. The number of carbonyl (C=O) groups is 1. The Morgan fingerprint density at radius 3 is 2.86 bits per heavy atom. The van der Waals surface area contributed by atoms with Gasteiger partial charge < -0.3 is 10.0 Å². The molecule has 0 saturated carbocycles. The van der Waals surface area contributed by atoms with Crippen molar-refractivity contribution in [2.75, 3.05) is 37.6 Å². The maximum atomic E-state index is 11.0. The summed E-state index contributed by atoms with van der Waals surface area (Å²) >= 11 is 0. The van der Waals surface area contributed by atoms with E-state index in [1.807, 2.05) is 9.80 Å². The molecular formula is C13H18N4O4. The van der Waals surface area contributed by atoms with Gasteiger partial charge in [-0.25, -0.2) is 4.98 Å². The van der Waals surface area contributed by atoms with Crippen molar-refractivity contribution in [3.05, 3.63) is 27.9 Å². The quantitative estimate of drug-likeness (QED) is 0.650. The molecule has 114 valence electrons. The van der Waals surface area contributed by atoms with Crippen LogP contribution in [0.4, 0.5) is 11.5 Å². The summed E-state index contributed by atoms with van der Waals surface area (Å²) in [4.78, 5) is 29.4. The van der Waals surface area contributed by atoms with E-state index in [4.69, 9.17) is 5.11 Å². The monoisotopic (exact) mass is 294 g/mol. The van der Waals surface area contributed by atoms with Gasteiger partial charge in [-0.05, 0) is 13.3 Å². The van der Waals surface area contributed by atoms with Crippen molar-refractivity contribution in [2.45, 2.75) is 13.3 Å². The Balaban J connectivity index is 2.10. The van der Waals surface area contributed by atoms with Gasteiger partial charge in [0.1, 0.15) is 5.82 Å². The number of aliphatic carboxylic acids is 1. The third-order valence-corrected chi connectivity index (χ3v) is 3.53. The number of carboxylic acids is 1. The number of aryl methyl sites for hydroxylation is 1. The lowest BCUT2D eigenvalue weighted by molar-refractivity contribution is -0.385. The number of aromatic nitrogens is 1. The molecule has 1 aliphatic heterocycles. The molecule has 1 aromatic rings. The van der Waals surface area contributed by atoms with Gasteiger partial charge in [0, 0.05) is 37.9 Å². The highest BCUT2D eigenvalue weighted by molar-refractivity contribution is 5.69. The number of rotatable bonds is 4. The highest BCUT2D eigenvalue weighted by Crippen LogP contribution is 2.23. The molecule has 1 fully saturated rings. The van der Waals surface area contributed by atoms with Crippen molar-refractivity contribution < 1.29 is 14.8 Å². The second-order valence-electron chi connectivity index (χ2n) is 5.10. The van der Waals surface area contributed by atoms with Gasteiger partial charge in [0.15, 0.2) is 0 Å². The van der Waals surface area contributed by atoms with Crippen molar-refractivity contribution >= 4 is 17.5 Å². The van der Waals surface area contributed by atoms with Gasteiger partial charge in [-0.3, -0.25) is 19.8 Å². The Bertz CT molecular complexity index is 549. The van der Waals surface area contributed by atoms with Crippen LogP contribution in [0.1, 0.15) is 12.0 Å². The molecule has 1 saturated heterocycles. The van der Waals surface area contributed by atoms with Crippen molar-refractivity contribution in [3.8, 4) is 0 Å². The van der Waals surface area contributed by atoms with Gasteiger partial charge in [-0.2, -0.15) is 0 Å². The number of hydrogen-bond donors (Lipinski definition) is 1. The second kappa shape index (κ2) is 6.49. The SMILES string of the molecule is Cc1cnc(N2CCCN(CC(=O)O)CC2)cc1[N+](=O)[O-]. The molecule has 0 amide bonds. The number of hydrogen-bond acceptors (Lipinski definition) is 6. The molecule has 0 aliphatic carbocycles. The molecule has 1 N–H and O–H groups in total. The van der Waals surface area contributed by atoms with Crippen LogP contribution in [0.25, 0.3) is 0 Å². The summed E-state index contributed by atoms with van der Waals surface area (Å²) in [5, 5.41) is 19.8. The smallest absolute Gasteiger partial charge is 0.317 e. The Morgan fingerprint density at radius 2 is 2.19 bits per heavy atom. The molecular weight excluding hydrogens is 276 g/mol. The summed E-state index contributed by atoms with van der Waals surface area (Å²) in [6, 6.07) is 1.49. The van der Waals surface area contributed by atoms with E-state index in [-0.39, 0.29) is 12.2 Å². The molecule has 8 nitrogen and oxygen atoms in total. The normalized spacial score (nSPS) is 16.5. The van der Waals surface area contributed by atoms with E-state index >= 15 is 0 Å². The molecule has 1 aliphatic rings. The van der Waals surface area contributed by atoms with Crippen LogP contribution < -0.4 is 4.90 Å². The number of anilines is 1. The zero-order valence-corrected chi connectivity index (χ0v) is 11.9. The van der Waals surface area contributed by atoms with Gasteiger partial charge in [-0.1, -0.05) is 0 Å². The van der Waals surface area contributed by atoms with Crippen molar-refractivity contribution in [1.29, 1.82) is 0 Å². The van der Waals surface area contributed by atoms with E-state index in [1.54, 1.807) is 6.92 Å². The Labute approximate surface area is 122 Å². The Morgan fingerprint density at radius 1 is 1.43 bits per heavy atom. The van der Waals surface area contributed by atoms with Crippen molar-refractivity contribution in [3.63, 3.8) is 0 Å². The van der Waals surface area contributed by atoms with Crippen LogP contribution >= 0.6 is 0 Å². The van der Waals surface area contributed by atoms with Gasteiger partial charge >= 0.3 is 5.97 Å². The van der Waals surface area contributed by atoms with Gasteiger partial charge in [0.05, 0.1) is 17.5 Å². The largest absolute Gasteiger partial charge is 0.480 e. The standard InChI is InChI=1S/C13H18N4O4/c1-10-8-14-12(7-11(10)17(20)21)16-4-2-3-15(5-6-16)9-13(18)19/h7-8H,2-6,9H2,1H3,(H,18,19). The molecule has 0 atom stereocenters. The molecule has 0 spiro atoms. The third-order valence-electron chi connectivity index (χ3n) is 3.53. The van der Waals surface area contributed by atoms with Crippen molar-refractivity contribution in [1.82, 2.24) is 9.88 Å². The minimum atomic E-state index is -0.840. The fourth-order valence-electron chi connectivity index (χ4n) is 2.42. The predicted molar refractivity (Wildman–Crippen MR) is 76.5 cm³/mol. The van der Waals surface area contributed by atoms with E-state index < -0.39 is 10.9 Å². The summed E-state index contributed by atoms with van der Waals surface area (Å²) in [5.74, 6) is -0.267. The number of nitrogens with zero attached hydrogens (tertiary/aromatic N) is 4. The van der Waals surface area contributed by atoms with Crippen LogP contribution in [-0.4, -0.2) is 58.6 Å². The van der Waals surface area contributed by atoms with Crippen molar-refractivity contribution in [2.24, 2.45) is 0 Å². The first-order valence-electron chi connectivity index (χ1n) is 6.77. The molecule has 2 heterocycles. The highest BCUT2D eigenvalue weighted by Gasteiger charge is 2.20. The summed E-state index contributed by atoms with van der Waals surface area (Å²) in [6.07, 6.45) is 2.31. The second-order valence-corrected chi connectivity index (χ2v) is 5.10. The zero-order valence-electron chi connectivity index (χ0n) is 11.9. The maximum Gasteiger partial charge on any atom is 0.317 e. The molecule has 0 unspecified atom stereocenters. The Hall–Kier alpha value is -2.22. The lowest BCUT2D eigenvalue weighted by Gasteiger charge is -2.22. The summed E-state index contributed by atoms with van der Waals surface area (Å²) < 4.78 is 0. The molecule has 1 aromatic heterocycles. The fraction of sp³-hybridized carbons (Fsp3) is 0.538. The van der Waals surface area contributed by atoms with Gasteiger partial charge in [-0.15, -0.1) is 0 Å². The topological polar surface area (TPSA) is 99.8 Å². The van der Waals surface area contributed by atoms with E-state index in [0.29, 0.717) is 37.6 Å². The first-order valence-corrected chi connectivity index (χ1v) is 6.77. The lowest BCUT2D eigenvalue weighted by Crippen LogP contribution is -2.34. The average molecular weight is 294 g/mol. The van der Waals surface area contributed by atoms with Gasteiger partial charge in [0.25, 0.3) is 5.69 Å². The minimum absolute atomic E-state index is 0.0231. The van der Waals surface area contributed by atoms with E-state index in [9.17, 15) is 14.9 Å². The zero-order chi connectivity index (χ0) is 15.4. The maximum absolute atomic E-state index is 11.0. The number of pyridine rings is 1. The van der Waals surface area contributed by atoms with E-state index in [1.165, 1.54) is 12.3 Å². The summed E-state index contributed by atoms with van der Waals surface area (Å²) in [6.45, 7) is 4.32. The number of nitro groups is 1. The molecule has 0 bridgehead atoms. The highest BCUT2D eigenvalue weighted by atomic mass is 16.6.